The molecular formula is C24H28N4O7. The second kappa shape index (κ2) is 9.95. The summed E-state index contributed by atoms with van der Waals surface area (Å²) < 4.78 is 16.0. The first kappa shape index (κ1) is 23.2. The minimum atomic E-state index is -0.896. The van der Waals surface area contributed by atoms with Crippen LogP contribution in [0.3, 0.4) is 0 Å². The number of fused-ring (bicyclic) bond motifs is 1. The van der Waals surface area contributed by atoms with Gasteiger partial charge >= 0.3 is 0 Å². The van der Waals surface area contributed by atoms with Crippen molar-refractivity contribution in [2.75, 3.05) is 33.0 Å². The van der Waals surface area contributed by atoms with E-state index >= 15 is 0 Å². The smallest absolute Gasteiger partial charge is 0.289 e. The van der Waals surface area contributed by atoms with Crippen LogP contribution in [0.25, 0.3) is 0 Å². The third-order valence-corrected chi connectivity index (χ3v) is 6.91. The molecule has 0 spiro atoms. The van der Waals surface area contributed by atoms with Crippen LogP contribution in [0.5, 0.6) is 11.5 Å². The maximum absolute atomic E-state index is 13.6. The van der Waals surface area contributed by atoms with Crippen LogP contribution in [-0.2, 0) is 4.79 Å². The molecule has 11 nitrogen and oxygen atoms in total. The third kappa shape index (κ3) is 4.81. The van der Waals surface area contributed by atoms with Crippen LogP contribution in [0.4, 0.5) is 5.69 Å². The van der Waals surface area contributed by atoms with E-state index in [-0.39, 0.29) is 41.7 Å². The molecule has 1 N–H and O–H groups in total. The van der Waals surface area contributed by atoms with Crippen LogP contribution in [-0.4, -0.2) is 65.6 Å². The van der Waals surface area contributed by atoms with Crippen molar-refractivity contribution in [2.24, 2.45) is 0 Å². The van der Waals surface area contributed by atoms with Gasteiger partial charge in [-0.1, -0.05) is 19.3 Å². The van der Waals surface area contributed by atoms with E-state index in [4.69, 9.17) is 13.9 Å². The number of nitro groups is 1. The molecule has 1 aromatic carbocycles. The molecule has 1 saturated carbocycles. The zero-order valence-electron chi connectivity index (χ0n) is 19.3. The van der Waals surface area contributed by atoms with Crippen molar-refractivity contribution in [1.82, 2.24) is 15.1 Å². The predicted octanol–water partition coefficient (Wildman–Crippen LogP) is 2.86. The molecule has 2 aliphatic heterocycles. The molecule has 3 aliphatic rings. The first-order valence-electron chi connectivity index (χ1n) is 12.0. The average molecular weight is 485 g/mol. The molecule has 3 heterocycles. The minimum Gasteiger partial charge on any atom is -0.459 e. The summed E-state index contributed by atoms with van der Waals surface area (Å²) >= 11 is 0. The summed E-state index contributed by atoms with van der Waals surface area (Å²) in [4.78, 5) is 41.4. The number of rotatable bonds is 6. The van der Waals surface area contributed by atoms with Gasteiger partial charge in [-0.15, -0.1) is 0 Å². The monoisotopic (exact) mass is 484 g/mol. The molecule has 1 aromatic heterocycles. The third-order valence-electron chi connectivity index (χ3n) is 6.91. The van der Waals surface area contributed by atoms with Gasteiger partial charge < -0.3 is 24.1 Å². The topological polar surface area (TPSA) is 127 Å². The van der Waals surface area contributed by atoms with E-state index in [9.17, 15) is 19.7 Å². The summed E-state index contributed by atoms with van der Waals surface area (Å²) in [7, 11) is 0. The molecule has 1 saturated heterocycles. The number of hydrogen-bond donors (Lipinski definition) is 1. The van der Waals surface area contributed by atoms with E-state index in [1.807, 2.05) is 4.90 Å². The molecule has 1 atom stereocenters. The number of piperazine rings is 1. The Morgan fingerprint density at radius 2 is 1.77 bits per heavy atom. The summed E-state index contributed by atoms with van der Waals surface area (Å²) in [5.74, 6) is 0.446. The fraction of sp³-hybridized carbons (Fsp3) is 0.500. The van der Waals surface area contributed by atoms with Gasteiger partial charge in [-0.05, 0) is 31.0 Å². The molecule has 5 rings (SSSR count). The lowest BCUT2D eigenvalue weighted by Crippen LogP contribution is -2.53. The molecule has 2 aromatic rings. The lowest BCUT2D eigenvalue weighted by molar-refractivity contribution is -0.386. The highest BCUT2D eigenvalue weighted by atomic mass is 16.7. The number of furan rings is 1. The van der Waals surface area contributed by atoms with Gasteiger partial charge in [-0.25, -0.2) is 0 Å². The maximum atomic E-state index is 13.6. The highest BCUT2D eigenvalue weighted by molar-refractivity contribution is 5.91. The van der Waals surface area contributed by atoms with Gasteiger partial charge in [0.15, 0.2) is 17.3 Å². The first-order valence-corrected chi connectivity index (χ1v) is 12.0. The molecule has 2 amide bonds. The van der Waals surface area contributed by atoms with Gasteiger partial charge in [0.05, 0.1) is 22.8 Å². The molecule has 1 unspecified atom stereocenters. The molecule has 0 bridgehead atoms. The number of nitro benzene ring substituents is 1. The van der Waals surface area contributed by atoms with Crippen molar-refractivity contribution >= 4 is 17.5 Å². The summed E-state index contributed by atoms with van der Waals surface area (Å²) in [5, 5.41) is 15.1. The van der Waals surface area contributed by atoms with E-state index in [0.29, 0.717) is 37.7 Å². The number of hydrogen-bond acceptors (Lipinski definition) is 8. The Balaban J connectivity index is 1.42. The number of carbonyl (C=O) groups is 2. The van der Waals surface area contributed by atoms with Crippen LogP contribution < -0.4 is 14.8 Å². The van der Waals surface area contributed by atoms with Gasteiger partial charge in [-0.3, -0.25) is 24.6 Å². The number of ether oxygens (including phenoxy) is 2. The number of benzene rings is 1. The number of nitrogens with zero attached hydrogens (tertiary/aromatic N) is 3. The summed E-state index contributed by atoms with van der Waals surface area (Å²) in [6.45, 7) is 1.46. The van der Waals surface area contributed by atoms with Crippen molar-refractivity contribution in [3.63, 3.8) is 0 Å². The molecule has 11 heteroatoms. The molecule has 186 valence electrons. The van der Waals surface area contributed by atoms with Gasteiger partial charge in [0.2, 0.25) is 12.7 Å². The maximum Gasteiger partial charge on any atom is 0.289 e. The fourth-order valence-corrected chi connectivity index (χ4v) is 5.09. The Hall–Kier alpha value is -3.60. The summed E-state index contributed by atoms with van der Waals surface area (Å²) in [6.07, 6.45) is 6.49. The van der Waals surface area contributed by atoms with E-state index in [1.165, 1.54) is 12.3 Å². The zero-order chi connectivity index (χ0) is 24.4. The Morgan fingerprint density at radius 3 is 2.43 bits per heavy atom. The van der Waals surface area contributed by atoms with Crippen molar-refractivity contribution < 1.29 is 28.4 Å². The first-order chi connectivity index (χ1) is 17.0. The number of nitrogens with one attached hydrogen (secondary N) is 1. The van der Waals surface area contributed by atoms with Gasteiger partial charge in [-0.2, -0.15) is 0 Å². The zero-order valence-corrected chi connectivity index (χ0v) is 19.3. The Bertz CT molecular complexity index is 1090. The van der Waals surface area contributed by atoms with Crippen molar-refractivity contribution in [3.05, 3.63) is 52.0 Å². The molecule has 2 fully saturated rings. The van der Waals surface area contributed by atoms with E-state index in [0.717, 1.165) is 32.1 Å². The van der Waals surface area contributed by atoms with Gasteiger partial charge in [0.1, 0.15) is 6.04 Å². The second-order valence-electron chi connectivity index (χ2n) is 9.07. The average Bonchev–Trinajstić information content (AvgIpc) is 3.56. The Labute approximate surface area is 202 Å². The fourth-order valence-electron chi connectivity index (χ4n) is 5.09. The normalized spacial score (nSPS) is 19.4. The second-order valence-corrected chi connectivity index (χ2v) is 9.07. The minimum absolute atomic E-state index is 0.0254. The van der Waals surface area contributed by atoms with Crippen molar-refractivity contribution in [2.45, 2.75) is 44.2 Å². The Morgan fingerprint density at radius 1 is 1.06 bits per heavy atom. The van der Waals surface area contributed by atoms with Crippen molar-refractivity contribution in [1.29, 1.82) is 0 Å². The standard InChI is InChI=1S/C24H28N4O7/c29-23(25-16-5-2-1-3-6-16)22(17-13-20-21(35-15-34-20)14-18(17)28(31)32)26-8-10-27(11-9-26)24(30)19-7-4-12-33-19/h4,7,12-14,16,22H,1-3,5-6,8-11,15H2,(H,25,29). The van der Waals surface area contributed by atoms with E-state index < -0.39 is 11.0 Å². The number of carbonyl (C=O) groups excluding carboxylic acids is 2. The highest BCUT2D eigenvalue weighted by Crippen LogP contribution is 2.42. The quantitative estimate of drug-likeness (QED) is 0.490. The largest absolute Gasteiger partial charge is 0.459 e. The molecular weight excluding hydrogens is 456 g/mol. The van der Waals surface area contributed by atoms with Crippen LogP contribution in [0.2, 0.25) is 0 Å². The Kier molecular flexibility index (Phi) is 6.58. The predicted molar refractivity (Wildman–Crippen MR) is 123 cm³/mol. The van der Waals surface area contributed by atoms with Gasteiger partial charge in [0, 0.05) is 32.2 Å². The van der Waals surface area contributed by atoms with Gasteiger partial charge in [0.25, 0.3) is 11.6 Å². The SMILES string of the molecule is O=C(NC1CCCCC1)C(c1cc2c(cc1[N+](=O)[O-])OCO2)N1CCN(C(=O)c2ccco2)CC1. The summed E-state index contributed by atoms with van der Waals surface area (Å²) in [6, 6.07) is 5.31. The highest BCUT2D eigenvalue weighted by Gasteiger charge is 2.38. The lowest BCUT2D eigenvalue weighted by atomic mass is 9.94. The molecule has 0 radical (unpaired) electrons. The molecule has 35 heavy (non-hydrogen) atoms. The van der Waals surface area contributed by atoms with Crippen LogP contribution in [0.15, 0.2) is 34.9 Å². The van der Waals surface area contributed by atoms with Crippen LogP contribution >= 0.6 is 0 Å². The van der Waals surface area contributed by atoms with E-state index in [1.54, 1.807) is 23.1 Å². The number of amides is 2. The van der Waals surface area contributed by atoms with E-state index in [2.05, 4.69) is 5.32 Å². The lowest BCUT2D eigenvalue weighted by Gasteiger charge is -2.39. The van der Waals surface area contributed by atoms with Crippen molar-refractivity contribution in [3.8, 4) is 11.5 Å². The van der Waals surface area contributed by atoms with Crippen LogP contribution in [0, 0.1) is 10.1 Å². The molecule has 1 aliphatic carbocycles. The summed E-state index contributed by atoms with van der Waals surface area (Å²) in [5.41, 5.74) is 0.0745. The van der Waals surface area contributed by atoms with Crippen LogP contribution in [0.1, 0.15) is 54.3 Å².